The normalized spacial score (nSPS) is 24.5. The van der Waals surface area contributed by atoms with Crippen LogP contribution in [0.1, 0.15) is 18.4 Å². The monoisotopic (exact) mass is 345 g/mol. The van der Waals surface area contributed by atoms with Crippen molar-refractivity contribution in [1.29, 1.82) is 0 Å². The second kappa shape index (κ2) is 5.65. The van der Waals surface area contributed by atoms with Gasteiger partial charge in [0.1, 0.15) is 0 Å². The van der Waals surface area contributed by atoms with E-state index in [-0.39, 0.29) is 0 Å². The highest BCUT2D eigenvalue weighted by Gasteiger charge is 2.27. The number of hydrogen-bond acceptors (Lipinski definition) is 1. The van der Waals surface area contributed by atoms with Crippen molar-refractivity contribution in [2.75, 3.05) is 13.6 Å². The minimum Gasteiger partial charge on any atom is -0.302 e. The van der Waals surface area contributed by atoms with Crippen molar-refractivity contribution in [3.8, 4) is 0 Å². The maximum Gasteiger partial charge on any atom is 0.0230 e. The third kappa shape index (κ3) is 3.57. The number of rotatable bonds is 4. The van der Waals surface area contributed by atoms with Crippen LogP contribution >= 0.6 is 31.9 Å². The molecule has 88 valence electrons. The van der Waals surface area contributed by atoms with E-state index in [4.69, 9.17) is 0 Å². The molecule has 0 aromatic heterocycles. The first kappa shape index (κ1) is 12.6. The topological polar surface area (TPSA) is 3.24 Å². The van der Waals surface area contributed by atoms with E-state index >= 15 is 0 Å². The van der Waals surface area contributed by atoms with E-state index in [0.29, 0.717) is 0 Å². The summed E-state index contributed by atoms with van der Waals surface area (Å²) in [6.07, 6.45) is 2.68. The fraction of sp³-hybridized carbons (Fsp3) is 0.538. The van der Waals surface area contributed by atoms with Crippen molar-refractivity contribution in [2.24, 2.45) is 5.92 Å². The van der Waals surface area contributed by atoms with Gasteiger partial charge in [0.15, 0.2) is 0 Å². The molecule has 0 heterocycles. The van der Waals surface area contributed by atoms with Crippen LogP contribution in [0.15, 0.2) is 28.7 Å². The summed E-state index contributed by atoms with van der Waals surface area (Å²) in [5.41, 5.74) is 1.39. The summed E-state index contributed by atoms with van der Waals surface area (Å²) in [7, 11) is 2.21. The Morgan fingerprint density at radius 2 is 1.88 bits per heavy atom. The van der Waals surface area contributed by atoms with Gasteiger partial charge in [0.2, 0.25) is 0 Å². The zero-order valence-corrected chi connectivity index (χ0v) is 12.7. The lowest BCUT2D eigenvalue weighted by Gasteiger charge is -2.34. The van der Waals surface area contributed by atoms with Gasteiger partial charge < -0.3 is 4.90 Å². The number of benzene rings is 1. The number of alkyl halides is 1. The zero-order valence-electron chi connectivity index (χ0n) is 9.50. The van der Waals surface area contributed by atoms with Crippen LogP contribution in [0.2, 0.25) is 0 Å². The minimum absolute atomic E-state index is 0.776. The Labute approximate surface area is 114 Å². The molecule has 0 aliphatic heterocycles. The van der Waals surface area contributed by atoms with E-state index in [1.165, 1.54) is 24.9 Å². The second-order valence-corrected chi connectivity index (χ2v) is 6.97. The molecule has 0 spiro atoms. The SMILES string of the molecule is CN(Cc1ccc(Br)cc1)CC1CC(Br)C1. The molecule has 0 N–H and O–H groups in total. The van der Waals surface area contributed by atoms with Crippen LogP contribution in [0.25, 0.3) is 0 Å². The molecule has 0 radical (unpaired) electrons. The quantitative estimate of drug-likeness (QED) is 0.743. The summed E-state index contributed by atoms with van der Waals surface area (Å²) in [6.45, 7) is 2.27. The average molecular weight is 347 g/mol. The zero-order chi connectivity index (χ0) is 11.5. The van der Waals surface area contributed by atoms with Crippen molar-refractivity contribution < 1.29 is 0 Å². The lowest BCUT2D eigenvalue weighted by molar-refractivity contribution is 0.208. The van der Waals surface area contributed by atoms with E-state index in [0.717, 1.165) is 21.8 Å². The van der Waals surface area contributed by atoms with Gasteiger partial charge in [0.05, 0.1) is 0 Å². The first-order chi connectivity index (χ1) is 7.63. The van der Waals surface area contributed by atoms with Crippen molar-refractivity contribution in [3.63, 3.8) is 0 Å². The molecule has 1 aromatic carbocycles. The van der Waals surface area contributed by atoms with Gasteiger partial charge in [0.25, 0.3) is 0 Å². The third-order valence-corrected chi connectivity index (χ3v) is 4.39. The second-order valence-electron chi connectivity index (χ2n) is 4.76. The van der Waals surface area contributed by atoms with E-state index in [1.807, 2.05) is 0 Å². The fourth-order valence-electron chi connectivity index (χ4n) is 2.21. The largest absolute Gasteiger partial charge is 0.302 e. The summed E-state index contributed by atoms with van der Waals surface area (Å²) in [6, 6.07) is 8.60. The van der Waals surface area contributed by atoms with Crippen LogP contribution in [-0.2, 0) is 6.54 Å². The Balaban J connectivity index is 1.78. The van der Waals surface area contributed by atoms with Crippen LogP contribution in [0.4, 0.5) is 0 Å². The molecule has 1 aliphatic rings. The van der Waals surface area contributed by atoms with Gasteiger partial charge in [-0.25, -0.2) is 0 Å². The minimum atomic E-state index is 0.776. The molecule has 0 amide bonds. The van der Waals surface area contributed by atoms with Gasteiger partial charge in [-0.1, -0.05) is 44.0 Å². The standard InChI is InChI=1S/C13H17Br2N/c1-16(9-11-6-13(15)7-11)8-10-2-4-12(14)5-3-10/h2-5,11,13H,6-9H2,1H3. The summed E-state index contributed by atoms with van der Waals surface area (Å²) < 4.78 is 1.15. The van der Waals surface area contributed by atoms with Gasteiger partial charge in [0, 0.05) is 22.4 Å². The fourth-order valence-corrected chi connectivity index (χ4v) is 3.53. The molecule has 1 saturated carbocycles. The third-order valence-electron chi connectivity index (χ3n) is 3.11. The van der Waals surface area contributed by atoms with Crippen LogP contribution in [0.3, 0.4) is 0 Å². The van der Waals surface area contributed by atoms with Crippen LogP contribution in [-0.4, -0.2) is 23.3 Å². The van der Waals surface area contributed by atoms with E-state index in [9.17, 15) is 0 Å². The number of hydrogen-bond donors (Lipinski definition) is 0. The molecule has 0 bridgehead atoms. The van der Waals surface area contributed by atoms with Crippen molar-refractivity contribution >= 4 is 31.9 Å². The van der Waals surface area contributed by atoms with Crippen molar-refractivity contribution in [2.45, 2.75) is 24.2 Å². The number of halogens is 2. The van der Waals surface area contributed by atoms with E-state index < -0.39 is 0 Å². The summed E-state index contributed by atoms with van der Waals surface area (Å²) in [5, 5.41) is 0. The predicted molar refractivity (Wildman–Crippen MR) is 75.9 cm³/mol. The first-order valence-corrected chi connectivity index (χ1v) is 7.41. The smallest absolute Gasteiger partial charge is 0.0230 e. The predicted octanol–water partition coefficient (Wildman–Crippen LogP) is 4.05. The highest BCUT2D eigenvalue weighted by molar-refractivity contribution is 9.10. The van der Waals surface area contributed by atoms with Crippen LogP contribution in [0, 0.1) is 5.92 Å². The molecule has 3 heteroatoms. The van der Waals surface area contributed by atoms with Crippen molar-refractivity contribution in [1.82, 2.24) is 4.90 Å². The molecule has 0 saturated heterocycles. The van der Waals surface area contributed by atoms with Crippen LogP contribution in [0.5, 0.6) is 0 Å². The Morgan fingerprint density at radius 3 is 2.44 bits per heavy atom. The Bertz CT molecular complexity index is 330. The maximum atomic E-state index is 3.64. The molecule has 2 rings (SSSR count). The average Bonchev–Trinajstić information content (AvgIpc) is 2.19. The first-order valence-electron chi connectivity index (χ1n) is 5.70. The van der Waals surface area contributed by atoms with Gasteiger partial charge in [-0.15, -0.1) is 0 Å². The summed E-state index contributed by atoms with van der Waals surface area (Å²) in [5.74, 6) is 0.893. The summed E-state index contributed by atoms with van der Waals surface area (Å²) >= 11 is 7.10. The Morgan fingerprint density at radius 1 is 1.25 bits per heavy atom. The molecule has 1 nitrogen and oxygen atoms in total. The highest BCUT2D eigenvalue weighted by Crippen LogP contribution is 2.33. The molecule has 1 aromatic rings. The molecule has 16 heavy (non-hydrogen) atoms. The molecular formula is C13H17Br2N. The lowest BCUT2D eigenvalue weighted by Crippen LogP contribution is -2.34. The van der Waals surface area contributed by atoms with Gasteiger partial charge in [-0.2, -0.15) is 0 Å². The van der Waals surface area contributed by atoms with Gasteiger partial charge >= 0.3 is 0 Å². The Kier molecular flexibility index (Phi) is 4.45. The molecule has 1 aliphatic carbocycles. The molecular weight excluding hydrogens is 330 g/mol. The Hall–Kier alpha value is 0.140. The molecule has 1 fully saturated rings. The number of nitrogens with zero attached hydrogens (tertiary/aromatic N) is 1. The summed E-state index contributed by atoms with van der Waals surface area (Å²) in [4.78, 5) is 3.20. The van der Waals surface area contributed by atoms with E-state index in [1.54, 1.807) is 0 Å². The maximum absolute atomic E-state index is 3.64. The van der Waals surface area contributed by atoms with Crippen LogP contribution < -0.4 is 0 Å². The highest BCUT2D eigenvalue weighted by atomic mass is 79.9. The van der Waals surface area contributed by atoms with Gasteiger partial charge in [-0.05, 0) is 43.5 Å². The van der Waals surface area contributed by atoms with Crippen molar-refractivity contribution in [3.05, 3.63) is 34.3 Å². The van der Waals surface area contributed by atoms with E-state index in [2.05, 4.69) is 68.1 Å². The molecule has 0 atom stereocenters. The molecule has 0 unspecified atom stereocenters. The lowest BCUT2D eigenvalue weighted by atomic mass is 9.85. The van der Waals surface area contributed by atoms with Gasteiger partial charge in [-0.3, -0.25) is 0 Å².